The van der Waals surface area contributed by atoms with Gasteiger partial charge in [0.25, 0.3) is 0 Å². The predicted octanol–water partition coefficient (Wildman–Crippen LogP) is 1.32. The zero-order valence-electron chi connectivity index (χ0n) is 8.96. The van der Waals surface area contributed by atoms with Crippen LogP contribution in [0.2, 0.25) is 0 Å². The van der Waals surface area contributed by atoms with Crippen molar-refractivity contribution in [3.63, 3.8) is 0 Å². The maximum absolute atomic E-state index is 5.72. The molecule has 1 atom stereocenters. The molecule has 1 rings (SSSR count). The van der Waals surface area contributed by atoms with Crippen molar-refractivity contribution in [1.82, 2.24) is 9.78 Å². The summed E-state index contributed by atoms with van der Waals surface area (Å²) < 4.78 is 1.94. The van der Waals surface area contributed by atoms with Gasteiger partial charge in [-0.05, 0) is 39.2 Å². The lowest BCUT2D eigenvalue weighted by Gasteiger charge is -2.04. The van der Waals surface area contributed by atoms with Crippen LogP contribution in [0.1, 0.15) is 30.3 Å². The normalized spacial score (nSPS) is 13.3. The third kappa shape index (κ3) is 2.31. The molecular weight excluding hydrogens is 162 g/mol. The van der Waals surface area contributed by atoms with Crippen LogP contribution >= 0.6 is 0 Å². The summed E-state index contributed by atoms with van der Waals surface area (Å²) in [4.78, 5) is 0. The highest BCUT2D eigenvalue weighted by Crippen LogP contribution is 2.14. The molecule has 0 aliphatic rings. The van der Waals surface area contributed by atoms with Crippen LogP contribution in [0, 0.1) is 13.8 Å². The van der Waals surface area contributed by atoms with Gasteiger partial charge in [-0.2, -0.15) is 5.10 Å². The Kier molecular flexibility index (Phi) is 3.09. The Morgan fingerprint density at radius 2 is 2.08 bits per heavy atom. The summed E-state index contributed by atoms with van der Waals surface area (Å²) in [5.74, 6) is 0. The lowest BCUT2D eigenvalue weighted by molar-refractivity contribution is 0.661. The van der Waals surface area contributed by atoms with Crippen LogP contribution in [-0.4, -0.2) is 15.8 Å². The Hall–Kier alpha value is -0.830. The van der Waals surface area contributed by atoms with Crippen LogP contribution in [-0.2, 0) is 13.5 Å². The molecule has 0 radical (unpaired) electrons. The van der Waals surface area contributed by atoms with Gasteiger partial charge in [-0.1, -0.05) is 0 Å². The highest BCUT2D eigenvalue weighted by molar-refractivity contribution is 5.24. The number of aromatic nitrogens is 2. The maximum atomic E-state index is 5.72. The number of rotatable bonds is 3. The SMILES string of the molecule is Cc1nn(C)c(C)c1CC[C@@H](C)N. The molecule has 1 aromatic rings. The highest BCUT2D eigenvalue weighted by Gasteiger charge is 2.09. The van der Waals surface area contributed by atoms with Crippen molar-refractivity contribution in [3.8, 4) is 0 Å². The van der Waals surface area contributed by atoms with Crippen LogP contribution in [0.3, 0.4) is 0 Å². The molecule has 13 heavy (non-hydrogen) atoms. The average molecular weight is 181 g/mol. The fourth-order valence-electron chi connectivity index (χ4n) is 1.55. The van der Waals surface area contributed by atoms with Crippen LogP contribution in [0.5, 0.6) is 0 Å². The molecule has 0 unspecified atom stereocenters. The van der Waals surface area contributed by atoms with Crippen LogP contribution < -0.4 is 5.73 Å². The first-order chi connectivity index (χ1) is 6.02. The van der Waals surface area contributed by atoms with E-state index in [4.69, 9.17) is 5.73 Å². The van der Waals surface area contributed by atoms with Crippen molar-refractivity contribution in [3.05, 3.63) is 17.0 Å². The third-order valence-corrected chi connectivity index (χ3v) is 2.51. The van der Waals surface area contributed by atoms with Gasteiger partial charge in [0.2, 0.25) is 0 Å². The fraction of sp³-hybridized carbons (Fsp3) is 0.700. The largest absolute Gasteiger partial charge is 0.328 e. The average Bonchev–Trinajstić information content (AvgIpc) is 2.24. The van der Waals surface area contributed by atoms with Gasteiger partial charge in [0.1, 0.15) is 0 Å². The molecule has 3 heteroatoms. The van der Waals surface area contributed by atoms with Crippen molar-refractivity contribution < 1.29 is 0 Å². The lowest BCUT2D eigenvalue weighted by Crippen LogP contribution is -2.15. The second-order valence-corrected chi connectivity index (χ2v) is 3.79. The molecule has 0 amide bonds. The van der Waals surface area contributed by atoms with E-state index in [2.05, 4.69) is 18.9 Å². The molecule has 3 nitrogen and oxygen atoms in total. The van der Waals surface area contributed by atoms with Crippen molar-refractivity contribution in [1.29, 1.82) is 0 Å². The van der Waals surface area contributed by atoms with E-state index in [1.54, 1.807) is 0 Å². The monoisotopic (exact) mass is 181 g/mol. The first-order valence-corrected chi connectivity index (χ1v) is 4.77. The second kappa shape index (κ2) is 3.92. The van der Waals surface area contributed by atoms with Gasteiger partial charge < -0.3 is 5.73 Å². The summed E-state index contributed by atoms with van der Waals surface area (Å²) in [7, 11) is 1.98. The molecular formula is C10H19N3. The number of nitrogens with zero attached hydrogens (tertiary/aromatic N) is 2. The predicted molar refractivity (Wildman–Crippen MR) is 54.7 cm³/mol. The molecule has 0 aliphatic heterocycles. The minimum absolute atomic E-state index is 0.277. The summed E-state index contributed by atoms with van der Waals surface area (Å²) in [6, 6.07) is 0.277. The maximum Gasteiger partial charge on any atom is 0.0628 e. The van der Waals surface area contributed by atoms with E-state index in [9.17, 15) is 0 Å². The van der Waals surface area contributed by atoms with E-state index >= 15 is 0 Å². The van der Waals surface area contributed by atoms with Gasteiger partial charge in [0.15, 0.2) is 0 Å². The number of nitrogens with two attached hydrogens (primary N) is 1. The zero-order valence-corrected chi connectivity index (χ0v) is 8.96. The molecule has 0 saturated carbocycles. The number of hydrogen-bond donors (Lipinski definition) is 1. The van der Waals surface area contributed by atoms with Gasteiger partial charge in [-0.15, -0.1) is 0 Å². The third-order valence-electron chi connectivity index (χ3n) is 2.51. The van der Waals surface area contributed by atoms with E-state index in [0.717, 1.165) is 18.5 Å². The smallest absolute Gasteiger partial charge is 0.0628 e. The quantitative estimate of drug-likeness (QED) is 0.764. The summed E-state index contributed by atoms with van der Waals surface area (Å²) in [5, 5.41) is 4.36. The molecule has 1 aromatic heterocycles. The van der Waals surface area contributed by atoms with Crippen molar-refractivity contribution in [2.24, 2.45) is 12.8 Å². The first-order valence-electron chi connectivity index (χ1n) is 4.77. The molecule has 0 bridgehead atoms. The Labute approximate surface area is 79.9 Å². The molecule has 0 aliphatic carbocycles. The molecule has 1 heterocycles. The van der Waals surface area contributed by atoms with Crippen LogP contribution in [0.15, 0.2) is 0 Å². The Bertz CT molecular complexity index is 287. The molecule has 2 N–H and O–H groups in total. The minimum Gasteiger partial charge on any atom is -0.328 e. The summed E-state index contributed by atoms with van der Waals surface area (Å²) in [5.41, 5.74) is 9.48. The van der Waals surface area contributed by atoms with Crippen LogP contribution in [0.25, 0.3) is 0 Å². The van der Waals surface area contributed by atoms with Gasteiger partial charge in [-0.25, -0.2) is 0 Å². The van der Waals surface area contributed by atoms with Gasteiger partial charge >= 0.3 is 0 Å². The van der Waals surface area contributed by atoms with Crippen molar-refractivity contribution >= 4 is 0 Å². The molecule has 74 valence electrons. The minimum atomic E-state index is 0.277. The van der Waals surface area contributed by atoms with E-state index in [0.29, 0.717) is 0 Å². The van der Waals surface area contributed by atoms with Gasteiger partial charge in [0.05, 0.1) is 5.69 Å². The first kappa shape index (κ1) is 10.3. The van der Waals surface area contributed by atoms with Gasteiger partial charge in [-0.3, -0.25) is 4.68 Å². The number of aryl methyl sites for hydroxylation is 2. The molecule has 0 saturated heterocycles. The van der Waals surface area contributed by atoms with E-state index < -0.39 is 0 Å². The van der Waals surface area contributed by atoms with E-state index in [1.165, 1.54) is 11.3 Å². The van der Waals surface area contributed by atoms with E-state index in [1.807, 2.05) is 18.7 Å². The van der Waals surface area contributed by atoms with E-state index in [-0.39, 0.29) is 6.04 Å². The molecule has 0 spiro atoms. The van der Waals surface area contributed by atoms with Crippen molar-refractivity contribution in [2.45, 2.75) is 39.7 Å². The number of hydrogen-bond acceptors (Lipinski definition) is 2. The second-order valence-electron chi connectivity index (χ2n) is 3.79. The lowest BCUT2D eigenvalue weighted by atomic mass is 10.1. The van der Waals surface area contributed by atoms with Crippen molar-refractivity contribution in [2.75, 3.05) is 0 Å². The fourth-order valence-corrected chi connectivity index (χ4v) is 1.55. The summed E-state index contributed by atoms with van der Waals surface area (Å²) in [6.07, 6.45) is 2.08. The summed E-state index contributed by atoms with van der Waals surface area (Å²) in [6.45, 7) is 6.21. The zero-order chi connectivity index (χ0) is 10.0. The standard InChI is InChI=1S/C10H19N3/c1-7(11)5-6-10-8(2)12-13(4)9(10)3/h7H,5-6,11H2,1-4H3/t7-/m1/s1. The topological polar surface area (TPSA) is 43.8 Å². The van der Waals surface area contributed by atoms with Gasteiger partial charge in [0, 0.05) is 18.8 Å². The Morgan fingerprint density at radius 3 is 2.46 bits per heavy atom. The Balaban J connectivity index is 2.76. The highest BCUT2D eigenvalue weighted by atomic mass is 15.3. The molecule has 0 fully saturated rings. The molecule has 0 aromatic carbocycles. The van der Waals surface area contributed by atoms with Crippen LogP contribution in [0.4, 0.5) is 0 Å². The summed E-state index contributed by atoms with van der Waals surface area (Å²) >= 11 is 0. The Morgan fingerprint density at radius 1 is 1.46 bits per heavy atom.